The molecule has 15 heavy (non-hydrogen) atoms. The summed E-state index contributed by atoms with van der Waals surface area (Å²) in [5.41, 5.74) is 5.37. The van der Waals surface area contributed by atoms with Crippen molar-refractivity contribution in [3.05, 3.63) is 0 Å². The minimum absolute atomic E-state index is 0.303. The summed E-state index contributed by atoms with van der Waals surface area (Å²) >= 11 is 0. The lowest BCUT2D eigenvalue weighted by atomic mass is 10.2. The first-order valence-electron chi connectivity index (χ1n) is 5.80. The highest BCUT2D eigenvalue weighted by Crippen LogP contribution is 2.27. The summed E-state index contributed by atoms with van der Waals surface area (Å²) < 4.78 is 5.03. The van der Waals surface area contributed by atoms with Crippen molar-refractivity contribution < 1.29 is 4.74 Å². The average molecular weight is 213 g/mol. The molecule has 0 bridgehead atoms. The van der Waals surface area contributed by atoms with Crippen LogP contribution in [0.3, 0.4) is 0 Å². The third-order valence-electron chi connectivity index (χ3n) is 2.78. The fourth-order valence-electron chi connectivity index (χ4n) is 1.74. The summed E-state index contributed by atoms with van der Waals surface area (Å²) in [4.78, 5) is 2.47. The first-order valence-corrected chi connectivity index (χ1v) is 5.80. The van der Waals surface area contributed by atoms with Gasteiger partial charge in [0.2, 0.25) is 0 Å². The van der Waals surface area contributed by atoms with E-state index in [2.05, 4.69) is 4.90 Å². The van der Waals surface area contributed by atoms with Gasteiger partial charge in [0.05, 0.1) is 5.84 Å². The van der Waals surface area contributed by atoms with Crippen molar-refractivity contribution in [2.24, 2.45) is 5.73 Å². The van der Waals surface area contributed by atoms with Gasteiger partial charge in [-0.05, 0) is 32.2 Å². The molecule has 1 aliphatic rings. The van der Waals surface area contributed by atoms with E-state index in [4.69, 9.17) is 15.9 Å². The lowest BCUT2D eigenvalue weighted by Gasteiger charge is -2.21. The van der Waals surface area contributed by atoms with Crippen molar-refractivity contribution >= 4 is 5.84 Å². The monoisotopic (exact) mass is 213 g/mol. The van der Waals surface area contributed by atoms with Crippen LogP contribution in [0.5, 0.6) is 0 Å². The third-order valence-corrected chi connectivity index (χ3v) is 2.78. The smallest absolute Gasteiger partial charge is 0.0918 e. The van der Waals surface area contributed by atoms with Crippen LogP contribution in [0.1, 0.15) is 32.1 Å². The van der Waals surface area contributed by atoms with Gasteiger partial charge in [0.15, 0.2) is 0 Å². The van der Waals surface area contributed by atoms with Crippen LogP contribution in [-0.2, 0) is 4.74 Å². The number of nitrogens with one attached hydrogen (secondary N) is 1. The van der Waals surface area contributed by atoms with E-state index in [1.165, 1.54) is 19.3 Å². The largest absolute Gasteiger partial charge is 0.388 e. The zero-order chi connectivity index (χ0) is 11.1. The molecule has 0 atom stereocenters. The summed E-state index contributed by atoms with van der Waals surface area (Å²) in [7, 11) is 1.74. The normalized spacial score (nSPS) is 15.9. The van der Waals surface area contributed by atoms with Crippen LogP contribution in [0.4, 0.5) is 0 Å². The van der Waals surface area contributed by atoms with Crippen LogP contribution in [0, 0.1) is 5.41 Å². The molecule has 88 valence electrons. The molecule has 3 N–H and O–H groups in total. The average Bonchev–Trinajstić information content (AvgIpc) is 3.00. The first kappa shape index (κ1) is 12.5. The van der Waals surface area contributed by atoms with Crippen molar-refractivity contribution in [2.75, 3.05) is 26.8 Å². The van der Waals surface area contributed by atoms with E-state index in [9.17, 15) is 0 Å². The molecule has 1 rings (SSSR count). The Labute approximate surface area is 92.3 Å². The number of hydrogen-bond acceptors (Lipinski definition) is 3. The molecule has 1 fully saturated rings. The Morgan fingerprint density at radius 2 is 2.13 bits per heavy atom. The molecule has 0 amide bonds. The van der Waals surface area contributed by atoms with Crippen LogP contribution in [0.25, 0.3) is 0 Å². The molecule has 0 aromatic rings. The molecule has 0 radical (unpaired) electrons. The number of hydrogen-bond donors (Lipinski definition) is 2. The summed E-state index contributed by atoms with van der Waals surface area (Å²) in [6.45, 7) is 2.93. The molecule has 0 aliphatic heterocycles. The number of ether oxygens (including phenoxy) is 1. The van der Waals surface area contributed by atoms with E-state index >= 15 is 0 Å². The van der Waals surface area contributed by atoms with Crippen LogP contribution in [0.15, 0.2) is 0 Å². The minimum atomic E-state index is 0.303. The molecule has 0 unspecified atom stereocenters. The molecule has 0 aromatic heterocycles. The van der Waals surface area contributed by atoms with Crippen molar-refractivity contribution in [1.82, 2.24) is 4.90 Å². The number of methoxy groups -OCH3 is 1. The van der Waals surface area contributed by atoms with Gasteiger partial charge in [-0.3, -0.25) is 10.3 Å². The highest BCUT2D eigenvalue weighted by Gasteiger charge is 2.27. The molecule has 1 aliphatic carbocycles. The summed E-state index contributed by atoms with van der Waals surface area (Å²) in [5.74, 6) is 0.303. The number of nitrogens with two attached hydrogens (primary N) is 1. The second kappa shape index (κ2) is 6.80. The third kappa shape index (κ3) is 5.74. The van der Waals surface area contributed by atoms with Crippen molar-refractivity contribution in [3.63, 3.8) is 0 Å². The Morgan fingerprint density at radius 3 is 2.67 bits per heavy atom. The molecule has 0 heterocycles. The predicted molar refractivity (Wildman–Crippen MR) is 62.2 cm³/mol. The Bertz CT molecular complexity index is 192. The van der Waals surface area contributed by atoms with E-state index < -0.39 is 0 Å². The van der Waals surface area contributed by atoms with Gasteiger partial charge in [0.25, 0.3) is 0 Å². The second-order valence-electron chi connectivity index (χ2n) is 4.24. The van der Waals surface area contributed by atoms with Gasteiger partial charge in [0.1, 0.15) is 0 Å². The summed E-state index contributed by atoms with van der Waals surface area (Å²) in [6, 6.07) is 0.770. The Balaban J connectivity index is 2.10. The topological polar surface area (TPSA) is 62.3 Å². The number of amidine groups is 1. The Kier molecular flexibility index (Phi) is 5.65. The van der Waals surface area contributed by atoms with E-state index in [0.717, 1.165) is 32.2 Å². The first-order chi connectivity index (χ1) is 7.24. The van der Waals surface area contributed by atoms with E-state index in [0.29, 0.717) is 12.3 Å². The standard InChI is InChI=1S/C11H23N3O/c1-15-9-3-2-7-14(10-4-5-10)8-6-11(12)13/h10H,2-9H2,1H3,(H3,12,13). The highest BCUT2D eigenvalue weighted by atomic mass is 16.5. The molecule has 0 spiro atoms. The fourth-order valence-corrected chi connectivity index (χ4v) is 1.74. The molecule has 1 saturated carbocycles. The second-order valence-corrected chi connectivity index (χ2v) is 4.24. The van der Waals surface area contributed by atoms with E-state index in [1.807, 2.05) is 0 Å². The molecule has 0 saturated heterocycles. The van der Waals surface area contributed by atoms with Crippen LogP contribution in [0.2, 0.25) is 0 Å². The maximum Gasteiger partial charge on any atom is 0.0918 e. The van der Waals surface area contributed by atoms with Gasteiger partial charge in [-0.25, -0.2) is 0 Å². The maximum atomic E-state index is 7.22. The van der Waals surface area contributed by atoms with Gasteiger partial charge < -0.3 is 10.5 Å². The summed E-state index contributed by atoms with van der Waals surface area (Å²) in [6.07, 6.45) is 5.66. The zero-order valence-corrected chi connectivity index (χ0v) is 9.67. The number of nitrogens with zero attached hydrogens (tertiary/aromatic N) is 1. The van der Waals surface area contributed by atoms with Gasteiger partial charge in [-0.2, -0.15) is 0 Å². The van der Waals surface area contributed by atoms with Crippen LogP contribution >= 0.6 is 0 Å². The minimum Gasteiger partial charge on any atom is -0.388 e. The van der Waals surface area contributed by atoms with Gasteiger partial charge in [-0.1, -0.05) is 0 Å². The molecule has 0 aromatic carbocycles. The van der Waals surface area contributed by atoms with Crippen LogP contribution < -0.4 is 5.73 Å². The van der Waals surface area contributed by atoms with Gasteiger partial charge in [-0.15, -0.1) is 0 Å². The van der Waals surface area contributed by atoms with E-state index in [-0.39, 0.29) is 0 Å². The maximum absolute atomic E-state index is 7.22. The SMILES string of the molecule is COCCCCN(CCC(=N)N)C1CC1. The van der Waals surface area contributed by atoms with Gasteiger partial charge >= 0.3 is 0 Å². The number of rotatable bonds is 9. The molecule has 4 heteroatoms. The lowest BCUT2D eigenvalue weighted by Crippen LogP contribution is -2.31. The molecule has 4 nitrogen and oxygen atoms in total. The lowest BCUT2D eigenvalue weighted by molar-refractivity contribution is 0.183. The van der Waals surface area contributed by atoms with Crippen molar-refractivity contribution in [3.8, 4) is 0 Å². The Morgan fingerprint density at radius 1 is 1.40 bits per heavy atom. The predicted octanol–water partition coefficient (Wildman–Crippen LogP) is 1.20. The van der Waals surface area contributed by atoms with Crippen molar-refractivity contribution in [2.45, 2.75) is 38.1 Å². The van der Waals surface area contributed by atoms with Crippen molar-refractivity contribution in [1.29, 1.82) is 5.41 Å². The molecular weight excluding hydrogens is 190 g/mol. The Hall–Kier alpha value is -0.610. The summed E-state index contributed by atoms with van der Waals surface area (Å²) in [5, 5.41) is 7.22. The molecular formula is C11H23N3O. The van der Waals surface area contributed by atoms with Crippen LogP contribution in [-0.4, -0.2) is 43.6 Å². The van der Waals surface area contributed by atoms with Gasteiger partial charge in [0, 0.05) is 32.7 Å². The zero-order valence-electron chi connectivity index (χ0n) is 9.67. The highest BCUT2D eigenvalue weighted by molar-refractivity contribution is 5.76. The number of unbranched alkanes of at least 4 members (excludes halogenated alkanes) is 1. The fraction of sp³-hybridized carbons (Fsp3) is 0.909. The van der Waals surface area contributed by atoms with E-state index in [1.54, 1.807) is 7.11 Å². The quantitative estimate of drug-likeness (QED) is 0.344.